The molecule has 0 bridgehead atoms. The minimum Gasteiger partial charge on any atom is -0.380 e. The van der Waals surface area contributed by atoms with Crippen molar-refractivity contribution in [2.75, 3.05) is 13.2 Å². The van der Waals surface area contributed by atoms with Crippen molar-refractivity contribution in [3.05, 3.63) is 12.4 Å². The Balaban J connectivity index is 1.95. The van der Waals surface area contributed by atoms with Crippen LogP contribution in [0.3, 0.4) is 0 Å². The van der Waals surface area contributed by atoms with Gasteiger partial charge in [0.05, 0.1) is 12.8 Å². The summed E-state index contributed by atoms with van der Waals surface area (Å²) in [5.74, 6) is 0. The van der Waals surface area contributed by atoms with Crippen molar-refractivity contribution in [3.8, 4) is 0 Å². The summed E-state index contributed by atoms with van der Waals surface area (Å²) in [7, 11) is 1.92. The van der Waals surface area contributed by atoms with Gasteiger partial charge in [0.25, 0.3) is 0 Å². The van der Waals surface area contributed by atoms with E-state index in [0.717, 1.165) is 19.6 Å². The van der Waals surface area contributed by atoms with E-state index in [1.807, 2.05) is 19.4 Å². The first-order chi connectivity index (χ1) is 6.75. The molecule has 1 saturated heterocycles. The zero-order valence-corrected chi connectivity index (χ0v) is 9.04. The average molecular weight is 213 g/mol. The number of aryl methyl sites for hydroxylation is 1. The molecule has 14 heavy (non-hydrogen) atoms. The van der Waals surface area contributed by atoms with Crippen LogP contribution in [0.2, 0.25) is 0 Å². The molecule has 0 aromatic carbocycles. The smallest absolute Gasteiger partial charge is 0.0625 e. The van der Waals surface area contributed by atoms with Crippen LogP contribution in [-0.4, -0.2) is 34.3 Å². The number of ether oxygens (including phenoxy) is 1. The summed E-state index contributed by atoms with van der Waals surface area (Å²) >= 11 is 1.76. The second-order valence-electron chi connectivity index (χ2n) is 3.53. The third kappa shape index (κ3) is 2.29. The van der Waals surface area contributed by atoms with Gasteiger partial charge in [-0.3, -0.25) is 4.68 Å². The Morgan fingerprint density at radius 2 is 2.57 bits per heavy atom. The van der Waals surface area contributed by atoms with E-state index in [4.69, 9.17) is 10.5 Å². The molecule has 0 spiro atoms. The molecule has 4 nitrogen and oxygen atoms in total. The Bertz CT molecular complexity index is 302. The van der Waals surface area contributed by atoms with E-state index < -0.39 is 0 Å². The Morgan fingerprint density at radius 1 is 1.71 bits per heavy atom. The second kappa shape index (κ2) is 4.33. The number of nitrogens with two attached hydrogens (primary N) is 1. The lowest BCUT2D eigenvalue weighted by atomic mass is 10.1. The topological polar surface area (TPSA) is 53.1 Å². The molecule has 2 atom stereocenters. The molecule has 78 valence electrons. The van der Waals surface area contributed by atoms with Gasteiger partial charge in [-0.2, -0.15) is 5.10 Å². The second-order valence-corrected chi connectivity index (χ2v) is 4.85. The molecule has 0 saturated carbocycles. The van der Waals surface area contributed by atoms with E-state index in [1.165, 1.54) is 4.90 Å². The lowest BCUT2D eigenvalue weighted by Gasteiger charge is -2.27. The fourth-order valence-electron chi connectivity index (χ4n) is 1.48. The molecule has 2 unspecified atom stereocenters. The molecule has 1 aromatic heterocycles. The van der Waals surface area contributed by atoms with Crippen LogP contribution in [0, 0.1) is 0 Å². The molecule has 2 heterocycles. The molecule has 0 amide bonds. The number of hydrogen-bond donors (Lipinski definition) is 1. The zero-order valence-electron chi connectivity index (χ0n) is 8.22. The number of aromatic nitrogens is 2. The monoisotopic (exact) mass is 213 g/mol. The van der Waals surface area contributed by atoms with Gasteiger partial charge in [-0.15, -0.1) is 11.8 Å². The Kier molecular flexibility index (Phi) is 3.10. The van der Waals surface area contributed by atoms with Crippen molar-refractivity contribution >= 4 is 11.8 Å². The van der Waals surface area contributed by atoms with Crippen molar-refractivity contribution in [1.82, 2.24) is 9.78 Å². The van der Waals surface area contributed by atoms with Crippen molar-refractivity contribution in [1.29, 1.82) is 0 Å². The van der Waals surface area contributed by atoms with E-state index in [2.05, 4.69) is 5.10 Å². The third-order valence-electron chi connectivity index (χ3n) is 2.32. The highest BCUT2D eigenvalue weighted by molar-refractivity contribution is 8.00. The summed E-state index contributed by atoms with van der Waals surface area (Å²) in [5.41, 5.74) is 6.01. The molecule has 2 rings (SSSR count). The highest BCUT2D eigenvalue weighted by atomic mass is 32.2. The van der Waals surface area contributed by atoms with Gasteiger partial charge in [-0.1, -0.05) is 0 Å². The quantitative estimate of drug-likeness (QED) is 0.783. The molecule has 1 aliphatic heterocycles. The first kappa shape index (κ1) is 10.0. The first-order valence-electron chi connectivity index (χ1n) is 4.74. The minimum absolute atomic E-state index is 0.244. The number of rotatable bonds is 2. The standard InChI is InChI=1S/C9H15N3OS/c1-12-5-7(4-11-12)14-9-6-13-3-2-8(9)10/h4-5,8-9H,2-3,6,10H2,1H3. The van der Waals surface area contributed by atoms with Crippen LogP contribution in [0.25, 0.3) is 0 Å². The fourth-order valence-corrected chi connectivity index (χ4v) is 2.63. The highest BCUT2D eigenvalue weighted by Gasteiger charge is 2.23. The molecule has 1 aromatic rings. The van der Waals surface area contributed by atoms with Gasteiger partial charge in [0.1, 0.15) is 0 Å². The van der Waals surface area contributed by atoms with E-state index in [-0.39, 0.29) is 6.04 Å². The van der Waals surface area contributed by atoms with Crippen LogP contribution in [-0.2, 0) is 11.8 Å². The molecule has 0 aliphatic carbocycles. The van der Waals surface area contributed by atoms with E-state index in [0.29, 0.717) is 5.25 Å². The van der Waals surface area contributed by atoms with Crippen molar-refractivity contribution in [2.24, 2.45) is 12.8 Å². The summed E-state index contributed by atoms with van der Waals surface area (Å²) in [5, 5.41) is 4.49. The summed E-state index contributed by atoms with van der Waals surface area (Å²) in [6, 6.07) is 0.244. The molecule has 1 aliphatic rings. The van der Waals surface area contributed by atoms with Gasteiger partial charge < -0.3 is 10.5 Å². The maximum atomic E-state index is 6.01. The van der Waals surface area contributed by atoms with E-state index >= 15 is 0 Å². The Morgan fingerprint density at radius 3 is 3.21 bits per heavy atom. The van der Waals surface area contributed by atoms with Crippen molar-refractivity contribution < 1.29 is 4.74 Å². The Labute approximate surface area is 87.8 Å². The normalized spacial score (nSPS) is 27.9. The van der Waals surface area contributed by atoms with E-state index in [1.54, 1.807) is 16.4 Å². The summed E-state index contributed by atoms with van der Waals surface area (Å²) in [6.45, 7) is 1.55. The number of hydrogen-bond acceptors (Lipinski definition) is 4. The van der Waals surface area contributed by atoms with Crippen LogP contribution in [0.4, 0.5) is 0 Å². The SMILES string of the molecule is Cn1cc(SC2COCCC2N)cn1. The predicted molar refractivity (Wildman–Crippen MR) is 56.3 cm³/mol. The summed E-state index contributed by atoms with van der Waals surface area (Å²) < 4.78 is 7.21. The molecule has 2 N–H and O–H groups in total. The Hall–Kier alpha value is -0.520. The van der Waals surface area contributed by atoms with Crippen LogP contribution in [0.1, 0.15) is 6.42 Å². The zero-order chi connectivity index (χ0) is 9.97. The van der Waals surface area contributed by atoms with Gasteiger partial charge in [0.2, 0.25) is 0 Å². The molecule has 1 fully saturated rings. The third-order valence-corrected chi connectivity index (χ3v) is 3.60. The lowest BCUT2D eigenvalue weighted by molar-refractivity contribution is 0.0916. The predicted octanol–water partition coefficient (Wildman–Crippen LogP) is 0.628. The largest absolute Gasteiger partial charge is 0.380 e. The van der Waals surface area contributed by atoms with Crippen LogP contribution in [0.15, 0.2) is 17.3 Å². The maximum Gasteiger partial charge on any atom is 0.0625 e. The molecular formula is C9H15N3OS. The summed E-state index contributed by atoms with van der Waals surface area (Å²) in [6.07, 6.45) is 4.83. The van der Waals surface area contributed by atoms with Crippen LogP contribution < -0.4 is 5.73 Å². The lowest BCUT2D eigenvalue weighted by Crippen LogP contribution is -2.40. The number of thioether (sulfide) groups is 1. The van der Waals surface area contributed by atoms with Crippen molar-refractivity contribution in [2.45, 2.75) is 22.6 Å². The van der Waals surface area contributed by atoms with Crippen LogP contribution >= 0.6 is 11.8 Å². The maximum absolute atomic E-state index is 6.01. The van der Waals surface area contributed by atoms with E-state index in [9.17, 15) is 0 Å². The van der Waals surface area contributed by atoms with Crippen molar-refractivity contribution in [3.63, 3.8) is 0 Å². The first-order valence-corrected chi connectivity index (χ1v) is 5.62. The van der Waals surface area contributed by atoms with Gasteiger partial charge in [0.15, 0.2) is 0 Å². The molecule has 0 radical (unpaired) electrons. The van der Waals surface area contributed by atoms with Gasteiger partial charge in [-0.25, -0.2) is 0 Å². The summed E-state index contributed by atoms with van der Waals surface area (Å²) in [4.78, 5) is 1.17. The average Bonchev–Trinajstić information content (AvgIpc) is 2.56. The van der Waals surface area contributed by atoms with Gasteiger partial charge in [0, 0.05) is 36.0 Å². The van der Waals surface area contributed by atoms with Crippen LogP contribution in [0.5, 0.6) is 0 Å². The fraction of sp³-hybridized carbons (Fsp3) is 0.667. The minimum atomic E-state index is 0.244. The highest BCUT2D eigenvalue weighted by Crippen LogP contribution is 2.27. The molecular weight excluding hydrogens is 198 g/mol. The molecule has 5 heteroatoms. The van der Waals surface area contributed by atoms with Gasteiger partial charge in [-0.05, 0) is 6.42 Å². The van der Waals surface area contributed by atoms with Gasteiger partial charge >= 0.3 is 0 Å². The number of nitrogens with zero attached hydrogens (tertiary/aromatic N) is 2.